The van der Waals surface area contributed by atoms with Gasteiger partial charge in [0, 0.05) is 4.47 Å². The number of carboxylic acid groups (broad SMARTS) is 1. The highest BCUT2D eigenvalue weighted by molar-refractivity contribution is 9.10. The summed E-state index contributed by atoms with van der Waals surface area (Å²) in [7, 11) is 0. The number of urea groups is 1. The molecular formula is C12H13BrClFN2O3. The van der Waals surface area contributed by atoms with E-state index in [9.17, 15) is 14.0 Å². The molecule has 8 heteroatoms. The number of benzene rings is 1. The lowest BCUT2D eigenvalue weighted by Crippen LogP contribution is -2.43. The Morgan fingerprint density at radius 3 is 2.65 bits per heavy atom. The van der Waals surface area contributed by atoms with Crippen LogP contribution in [0.4, 0.5) is 14.9 Å². The molecule has 2 amide bonds. The lowest BCUT2D eigenvalue weighted by molar-refractivity contribution is -0.139. The molecule has 110 valence electrons. The molecule has 1 rings (SSSR count). The summed E-state index contributed by atoms with van der Waals surface area (Å²) in [6.45, 7) is 1.81. The van der Waals surface area contributed by atoms with Gasteiger partial charge in [-0.1, -0.05) is 24.9 Å². The van der Waals surface area contributed by atoms with Gasteiger partial charge in [0.15, 0.2) is 0 Å². The van der Waals surface area contributed by atoms with Gasteiger partial charge in [0.1, 0.15) is 11.9 Å². The second kappa shape index (κ2) is 7.44. The van der Waals surface area contributed by atoms with Crippen molar-refractivity contribution in [1.82, 2.24) is 5.32 Å². The van der Waals surface area contributed by atoms with Gasteiger partial charge in [0.05, 0.1) is 10.7 Å². The minimum atomic E-state index is -1.12. The summed E-state index contributed by atoms with van der Waals surface area (Å²) in [6.07, 6.45) is 0.916. The van der Waals surface area contributed by atoms with Crippen LogP contribution >= 0.6 is 27.5 Å². The molecule has 0 aliphatic rings. The van der Waals surface area contributed by atoms with Gasteiger partial charge in [-0.3, -0.25) is 0 Å². The topological polar surface area (TPSA) is 78.4 Å². The number of carboxylic acids is 1. The van der Waals surface area contributed by atoms with E-state index in [1.54, 1.807) is 0 Å². The fraction of sp³-hybridized carbons (Fsp3) is 0.333. The van der Waals surface area contributed by atoms with Crippen molar-refractivity contribution in [1.29, 1.82) is 0 Å². The van der Waals surface area contributed by atoms with E-state index in [2.05, 4.69) is 26.6 Å². The van der Waals surface area contributed by atoms with Crippen LogP contribution in [0.2, 0.25) is 5.02 Å². The third-order valence-electron chi connectivity index (χ3n) is 2.43. The highest BCUT2D eigenvalue weighted by atomic mass is 79.9. The van der Waals surface area contributed by atoms with Crippen LogP contribution in [0.1, 0.15) is 19.8 Å². The lowest BCUT2D eigenvalue weighted by atomic mass is 10.2. The first kappa shape index (κ1) is 16.7. The summed E-state index contributed by atoms with van der Waals surface area (Å²) in [6, 6.07) is 0.475. The largest absolute Gasteiger partial charge is 0.480 e. The number of hydrogen-bond donors (Lipinski definition) is 3. The smallest absolute Gasteiger partial charge is 0.326 e. The van der Waals surface area contributed by atoms with Crippen LogP contribution in [0.3, 0.4) is 0 Å². The summed E-state index contributed by atoms with van der Waals surface area (Å²) in [4.78, 5) is 22.7. The summed E-state index contributed by atoms with van der Waals surface area (Å²) in [5.74, 6) is -1.67. The number of nitrogens with one attached hydrogen (secondary N) is 2. The molecule has 0 spiro atoms. The minimum Gasteiger partial charge on any atom is -0.480 e. The lowest BCUT2D eigenvalue weighted by Gasteiger charge is -2.15. The standard InChI is InChI=1S/C12H13BrClFN2O3/c1-2-3-9(11(18)19)16-12(20)17-10-7(13)4-6(15)5-8(10)14/h4-5,9H,2-3H2,1H3,(H,18,19)(H2,16,17,20)/t9-/m0/s1. The van der Waals surface area contributed by atoms with Crippen molar-refractivity contribution in [2.24, 2.45) is 0 Å². The minimum absolute atomic E-state index is 0.00870. The van der Waals surface area contributed by atoms with Crippen LogP contribution in [0.15, 0.2) is 16.6 Å². The molecule has 0 bridgehead atoms. The molecule has 0 aliphatic heterocycles. The second-order valence-corrected chi connectivity index (χ2v) is 5.28. The Hall–Kier alpha value is -1.34. The molecule has 0 saturated heterocycles. The van der Waals surface area contributed by atoms with Gasteiger partial charge in [0.25, 0.3) is 0 Å². The van der Waals surface area contributed by atoms with Crippen molar-refractivity contribution < 1.29 is 19.1 Å². The number of aliphatic carboxylic acids is 1. The van der Waals surface area contributed by atoms with E-state index < -0.39 is 23.9 Å². The van der Waals surface area contributed by atoms with Gasteiger partial charge in [-0.2, -0.15) is 0 Å². The molecule has 0 unspecified atom stereocenters. The zero-order chi connectivity index (χ0) is 15.3. The fourth-order valence-corrected chi connectivity index (χ4v) is 2.41. The molecular weight excluding hydrogens is 354 g/mol. The van der Waals surface area contributed by atoms with Crippen LogP contribution in [-0.2, 0) is 4.79 Å². The van der Waals surface area contributed by atoms with Crippen LogP contribution in [0.5, 0.6) is 0 Å². The van der Waals surface area contributed by atoms with E-state index in [0.717, 1.165) is 12.1 Å². The van der Waals surface area contributed by atoms with E-state index in [1.165, 1.54) is 0 Å². The van der Waals surface area contributed by atoms with E-state index in [-0.39, 0.29) is 15.2 Å². The van der Waals surface area contributed by atoms with Crippen molar-refractivity contribution in [2.75, 3.05) is 5.32 Å². The normalized spacial score (nSPS) is 11.8. The van der Waals surface area contributed by atoms with Crippen molar-refractivity contribution in [3.8, 4) is 0 Å². The van der Waals surface area contributed by atoms with Crippen LogP contribution < -0.4 is 10.6 Å². The summed E-state index contributed by atoms with van der Waals surface area (Å²) in [5, 5.41) is 13.6. The average Bonchev–Trinajstić information content (AvgIpc) is 2.33. The number of hydrogen-bond acceptors (Lipinski definition) is 2. The molecule has 20 heavy (non-hydrogen) atoms. The van der Waals surface area contributed by atoms with Gasteiger partial charge in [0.2, 0.25) is 0 Å². The van der Waals surface area contributed by atoms with Gasteiger partial charge >= 0.3 is 12.0 Å². The van der Waals surface area contributed by atoms with Crippen molar-refractivity contribution >= 4 is 45.2 Å². The predicted molar refractivity (Wildman–Crippen MR) is 77.6 cm³/mol. The molecule has 3 N–H and O–H groups in total. The Morgan fingerprint density at radius 1 is 1.50 bits per heavy atom. The maximum absolute atomic E-state index is 13.0. The number of rotatable bonds is 5. The maximum atomic E-state index is 13.0. The van der Waals surface area contributed by atoms with Crippen molar-refractivity contribution in [3.63, 3.8) is 0 Å². The molecule has 0 heterocycles. The quantitative estimate of drug-likeness (QED) is 0.744. The molecule has 1 aromatic carbocycles. The molecule has 0 saturated carbocycles. The number of halogens is 3. The number of amides is 2. The molecule has 0 radical (unpaired) electrons. The average molecular weight is 368 g/mol. The Labute approximate surface area is 128 Å². The highest BCUT2D eigenvalue weighted by Crippen LogP contribution is 2.31. The zero-order valence-corrected chi connectivity index (χ0v) is 12.9. The molecule has 0 aromatic heterocycles. The predicted octanol–water partition coefficient (Wildman–Crippen LogP) is 3.62. The maximum Gasteiger partial charge on any atom is 0.326 e. The fourth-order valence-electron chi connectivity index (χ4n) is 1.52. The first-order valence-electron chi connectivity index (χ1n) is 5.80. The van der Waals surface area contributed by atoms with Crippen LogP contribution in [0.25, 0.3) is 0 Å². The van der Waals surface area contributed by atoms with Crippen LogP contribution in [0, 0.1) is 5.82 Å². The Balaban J connectivity index is 2.78. The SMILES string of the molecule is CCC[C@H](NC(=O)Nc1c(Cl)cc(F)cc1Br)C(=O)O. The molecule has 1 atom stereocenters. The number of carbonyl (C=O) groups is 2. The van der Waals surface area contributed by atoms with Gasteiger partial charge in [-0.05, 0) is 34.5 Å². The second-order valence-electron chi connectivity index (χ2n) is 4.02. The molecule has 0 fully saturated rings. The Morgan fingerprint density at radius 2 is 2.15 bits per heavy atom. The highest BCUT2D eigenvalue weighted by Gasteiger charge is 2.20. The first-order chi connectivity index (χ1) is 9.35. The van der Waals surface area contributed by atoms with E-state index in [1.807, 2.05) is 6.92 Å². The van der Waals surface area contributed by atoms with E-state index in [0.29, 0.717) is 12.8 Å². The summed E-state index contributed by atoms with van der Waals surface area (Å²) < 4.78 is 13.3. The monoisotopic (exact) mass is 366 g/mol. The Bertz CT molecular complexity index is 504. The van der Waals surface area contributed by atoms with E-state index in [4.69, 9.17) is 16.7 Å². The van der Waals surface area contributed by atoms with Crippen molar-refractivity contribution in [3.05, 3.63) is 27.4 Å². The molecule has 5 nitrogen and oxygen atoms in total. The van der Waals surface area contributed by atoms with Crippen molar-refractivity contribution in [2.45, 2.75) is 25.8 Å². The van der Waals surface area contributed by atoms with Gasteiger partial charge in [-0.15, -0.1) is 0 Å². The molecule has 0 aliphatic carbocycles. The zero-order valence-electron chi connectivity index (χ0n) is 10.5. The third-order valence-corrected chi connectivity index (χ3v) is 3.35. The van der Waals surface area contributed by atoms with Gasteiger partial charge in [-0.25, -0.2) is 14.0 Å². The number of carbonyl (C=O) groups excluding carboxylic acids is 1. The van der Waals surface area contributed by atoms with E-state index >= 15 is 0 Å². The van der Waals surface area contributed by atoms with Crippen LogP contribution in [-0.4, -0.2) is 23.1 Å². The Kier molecular flexibility index (Phi) is 6.22. The van der Waals surface area contributed by atoms with Gasteiger partial charge < -0.3 is 15.7 Å². The third kappa shape index (κ3) is 4.64. The molecule has 1 aromatic rings. The summed E-state index contributed by atoms with van der Waals surface area (Å²) >= 11 is 8.88. The summed E-state index contributed by atoms with van der Waals surface area (Å²) in [5.41, 5.74) is 0.172. The first-order valence-corrected chi connectivity index (χ1v) is 6.97. The number of anilines is 1.